The summed E-state index contributed by atoms with van der Waals surface area (Å²) in [6.45, 7) is 3.15. The number of esters is 1. The molecule has 0 spiro atoms. The molecule has 0 aliphatic carbocycles. The molecule has 3 heteroatoms. The van der Waals surface area contributed by atoms with Crippen molar-refractivity contribution in [2.75, 3.05) is 27.2 Å². The van der Waals surface area contributed by atoms with E-state index in [2.05, 4.69) is 4.90 Å². The van der Waals surface area contributed by atoms with E-state index in [1.165, 1.54) is 0 Å². The highest BCUT2D eigenvalue weighted by atomic mass is 16.5. The lowest BCUT2D eigenvalue weighted by Crippen LogP contribution is -2.22. The van der Waals surface area contributed by atoms with Crippen molar-refractivity contribution in [1.82, 2.24) is 4.90 Å². The Bertz CT molecular complexity index is 335. The van der Waals surface area contributed by atoms with Crippen LogP contribution in [-0.2, 0) is 9.53 Å². The highest BCUT2D eigenvalue weighted by Crippen LogP contribution is 2.21. The molecule has 0 saturated carbocycles. The van der Waals surface area contributed by atoms with Gasteiger partial charge in [0.25, 0.3) is 0 Å². The second-order valence-corrected chi connectivity index (χ2v) is 4.31. The van der Waals surface area contributed by atoms with Crippen molar-refractivity contribution in [2.45, 2.75) is 19.3 Å². The fourth-order valence-corrected chi connectivity index (χ4v) is 1.74. The topological polar surface area (TPSA) is 29.5 Å². The van der Waals surface area contributed by atoms with Gasteiger partial charge < -0.3 is 9.64 Å². The van der Waals surface area contributed by atoms with Crippen LogP contribution in [0.25, 0.3) is 0 Å². The molecule has 1 aromatic carbocycles. The van der Waals surface area contributed by atoms with Crippen LogP contribution in [0.5, 0.6) is 0 Å². The number of hydrogen-bond donors (Lipinski definition) is 0. The highest BCUT2D eigenvalue weighted by Gasteiger charge is 2.21. The minimum absolute atomic E-state index is 0.124. The molecule has 0 N–H and O–H groups in total. The molecular formula is C14H21NO2. The summed E-state index contributed by atoms with van der Waals surface area (Å²) in [4.78, 5) is 14.0. The van der Waals surface area contributed by atoms with Gasteiger partial charge in [-0.1, -0.05) is 30.3 Å². The molecule has 94 valence electrons. The normalized spacial score (nSPS) is 12.5. The maximum atomic E-state index is 11.9. The SMILES string of the molecule is CCOC(=O)[C@@H](CCN(C)C)c1ccccc1. The maximum absolute atomic E-state index is 11.9. The van der Waals surface area contributed by atoms with E-state index in [1.54, 1.807) is 0 Å². The highest BCUT2D eigenvalue weighted by molar-refractivity contribution is 5.78. The van der Waals surface area contributed by atoms with Crippen LogP contribution in [0.2, 0.25) is 0 Å². The number of nitrogens with zero attached hydrogens (tertiary/aromatic N) is 1. The summed E-state index contributed by atoms with van der Waals surface area (Å²) in [5, 5.41) is 0. The van der Waals surface area contributed by atoms with Gasteiger partial charge in [0, 0.05) is 0 Å². The summed E-state index contributed by atoms with van der Waals surface area (Å²) in [6.07, 6.45) is 0.788. The van der Waals surface area contributed by atoms with Gasteiger partial charge in [-0.2, -0.15) is 0 Å². The summed E-state index contributed by atoms with van der Waals surface area (Å²) >= 11 is 0. The fraction of sp³-hybridized carbons (Fsp3) is 0.500. The van der Waals surface area contributed by atoms with Gasteiger partial charge in [-0.25, -0.2) is 0 Å². The molecule has 0 fully saturated rings. The summed E-state index contributed by atoms with van der Waals surface area (Å²) in [5.41, 5.74) is 1.04. The van der Waals surface area contributed by atoms with Gasteiger partial charge in [-0.3, -0.25) is 4.79 Å². The van der Waals surface area contributed by atoms with E-state index in [4.69, 9.17) is 4.74 Å². The van der Waals surface area contributed by atoms with Gasteiger partial charge in [-0.15, -0.1) is 0 Å². The number of ether oxygens (including phenoxy) is 1. The van der Waals surface area contributed by atoms with Crippen LogP contribution in [0.15, 0.2) is 30.3 Å². The lowest BCUT2D eigenvalue weighted by molar-refractivity contribution is -0.145. The Balaban J connectivity index is 2.75. The van der Waals surface area contributed by atoms with E-state index in [1.807, 2.05) is 51.4 Å². The largest absolute Gasteiger partial charge is 0.466 e. The number of carbonyl (C=O) groups excluding carboxylic acids is 1. The second kappa shape index (κ2) is 7.07. The van der Waals surface area contributed by atoms with Crippen LogP contribution < -0.4 is 0 Å². The average molecular weight is 235 g/mol. The molecule has 3 nitrogen and oxygen atoms in total. The predicted octanol–water partition coefficient (Wildman–Crippen LogP) is 2.29. The first-order chi connectivity index (χ1) is 8.15. The molecule has 0 aliphatic rings. The van der Waals surface area contributed by atoms with Crippen molar-refractivity contribution in [3.05, 3.63) is 35.9 Å². The molecule has 0 amide bonds. The summed E-state index contributed by atoms with van der Waals surface area (Å²) in [6, 6.07) is 9.83. The van der Waals surface area contributed by atoms with E-state index < -0.39 is 0 Å². The Morgan fingerprint density at radius 3 is 2.47 bits per heavy atom. The monoisotopic (exact) mass is 235 g/mol. The zero-order chi connectivity index (χ0) is 12.7. The van der Waals surface area contributed by atoms with Crippen LogP contribution in [0.1, 0.15) is 24.8 Å². The third-order valence-corrected chi connectivity index (χ3v) is 2.64. The first-order valence-electron chi connectivity index (χ1n) is 6.01. The van der Waals surface area contributed by atoms with Crippen molar-refractivity contribution >= 4 is 5.97 Å². The molecule has 0 unspecified atom stereocenters. The first kappa shape index (κ1) is 13.7. The Labute approximate surface area is 103 Å². The van der Waals surface area contributed by atoms with Gasteiger partial charge in [0.2, 0.25) is 0 Å². The predicted molar refractivity (Wildman–Crippen MR) is 69.0 cm³/mol. The summed E-state index contributed by atoms with van der Waals surface area (Å²) < 4.78 is 5.13. The van der Waals surface area contributed by atoms with Gasteiger partial charge in [-0.05, 0) is 39.5 Å². The maximum Gasteiger partial charge on any atom is 0.313 e. The van der Waals surface area contributed by atoms with Gasteiger partial charge in [0.1, 0.15) is 0 Å². The lowest BCUT2D eigenvalue weighted by atomic mass is 9.96. The third-order valence-electron chi connectivity index (χ3n) is 2.64. The van der Waals surface area contributed by atoms with E-state index in [0.717, 1.165) is 18.5 Å². The van der Waals surface area contributed by atoms with Gasteiger partial charge in [0.05, 0.1) is 12.5 Å². The Morgan fingerprint density at radius 2 is 1.94 bits per heavy atom. The Kier molecular flexibility index (Phi) is 5.70. The second-order valence-electron chi connectivity index (χ2n) is 4.31. The molecule has 0 heterocycles. The summed E-state index contributed by atoms with van der Waals surface area (Å²) in [5.74, 6) is -0.279. The minimum Gasteiger partial charge on any atom is -0.466 e. The standard InChI is InChI=1S/C14H21NO2/c1-4-17-14(16)13(10-11-15(2)3)12-8-6-5-7-9-12/h5-9,13H,4,10-11H2,1-3H3/t13-/m0/s1. The zero-order valence-electron chi connectivity index (χ0n) is 10.8. The Morgan fingerprint density at radius 1 is 1.29 bits per heavy atom. The molecule has 0 bridgehead atoms. The van der Waals surface area contributed by atoms with Crippen molar-refractivity contribution in [3.8, 4) is 0 Å². The van der Waals surface area contributed by atoms with Gasteiger partial charge >= 0.3 is 5.97 Å². The molecule has 0 radical (unpaired) electrons. The lowest BCUT2D eigenvalue weighted by Gasteiger charge is -2.18. The smallest absolute Gasteiger partial charge is 0.313 e. The molecule has 1 rings (SSSR count). The van der Waals surface area contributed by atoms with E-state index in [9.17, 15) is 4.79 Å². The van der Waals surface area contributed by atoms with Crippen molar-refractivity contribution in [3.63, 3.8) is 0 Å². The number of rotatable bonds is 6. The number of benzene rings is 1. The molecule has 0 saturated heterocycles. The summed E-state index contributed by atoms with van der Waals surface area (Å²) in [7, 11) is 4.01. The average Bonchev–Trinajstić information content (AvgIpc) is 2.30. The molecular weight excluding hydrogens is 214 g/mol. The number of hydrogen-bond acceptors (Lipinski definition) is 3. The van der Waals surface area contributed by atoms with Crippen LogP contribution in [0.4, 0.5) is 0 Å². The first-order valence-corrected chi connectivity index (χ1v) is 6.01. The molecule has 0 aliphatic heterocycles. The van der Waals surface area contributed by atoms with Crippen LogP contribution in [0, 0.1) is 0 Å². The van der Waals surface area contributed by atoms with Crippen molar-refractivity contribution in [1.29, 1.82) is 0 Å². The van der Waals surface area contributed by atoms with E-state index in [-0.39, 0.29) is 11.9 Å². The zero-order valence-corrected chi connectivity index (χ0v) is 10.8. The van der Waals surface area contributed by atoms with Gasteiger partial charge in [0.15, 0.2) is 0 Å². The number of carbonyl (C=O) groups is 1. The van der Waals surface area contributed by atoms with E-state index in [0.29, 0.717) is 6.61 Å². The van der Waals surface area contributed by atoms with E-state index >= 15 is 0 Å². The van der Waals surface area contributed by atoms with Crippen LogP contribution in [0.3, 0.4) is 0 Å². The Hall–Kier alpha value is -1.35. The molecule has 1 aromatic rings. The van der Waals surface area contributed by atoms with Crippen LogP contribution >= 0.6 is 0 Å². The van der Waals surface area contributed by atoms with Crippen molar-refractivity contribution < 1.29 is 9.53 Å². The minimum atomic E-state index is -0.154. The van der Waals surface area contributed by atoms with Crippen molar-refractivity contribution in [2.24, 2.45) is 0 Å². The fourth-order valence-electron chi connectivity index (χ4n) is 1.74. The third kappa shape index (κ3) is 4.57. The molecule has 1 atom stereocenters. The van der Waals surface area contributed by atoms with Crippen LogP contribution in [-0.4, -0.2) is 38.1 Å². The molecule has 17 heavy (non-hydrogen) atoms. The molecule has 0 aromatic heterocycles. The quantitative estimate of drug-likeness (QED) is 0.708.